The highest BCUT2D eigenvalue weighted by molar-refractivity contribution is 5.63. The Bertz CT molecular complexity index is 506. The van der Waals surface area contributed by atoms with Crippen molar-refractivity contribution in [2.24, 2.45) is 5.92 Å². The third-order valence-corrected chi connectivity index (χ3v) is 3.17. The first-order chi connectivity index (χ1) is 8.86. The van der Waals surface area contributed by atoms with Crippen LogP contribution in [0.25, 0.3) is 0 Å². The van der Waals surface area contributed by atoms with Gasteiger partial charge in [-0.2, -0.15) is 5.26 Å². The van der Waals surface area contributed by atoms with Gasteiger partial charge in [0.1, 0.15) is 6.07 Å². The van der Waals surface area contributed by atoms with Crippen molar-refractivity contribution in [1.82, 2.24) is 0 Å². The fourth-order valence-corrected chi connectivity index (χ4v) is 2.11. The molecule has 5 nitrogen and oxygen atoms in total. The van der Waals surface area contributed by atoms with Gasteiger partial charge in [0, 0.05) is 25.2 Å². The van der Waals surface area contributed by atoms with Gasteiger partial charge in [0.15, 0.2) is 0 Å². The van der Waals surface area contributed by atoms with Crippen molar-refractivity contribution in [3.05, 3.63) is 33.9 Å². The minimum absolute atomic E-state index is 0.0507. The van der Waals surface area contributed by atoms with Gasteiger partial charge in [-0.3, -0.25) is 10.1 Å². The number of nitro benzene ring substituents is 1. The van der Waals surface area contributed by atoms with Crippen molar-refractivity contribution in [3.8, 4) is 6.07 Å². The summed E-state index contributed by atoms with van der Waals surface area (Å²) in [6.07, 6.45) is 0.998. The summed E-state index contributed by atoms with van der Waals surface area (Å²) in [5.74, 6) is 0.557. The summed E-state index contributed by atoms with van der Waals surface area (Å²) in [7, 11) is 1.91. The van der Waals surface area contributed by atoms with Crippen LogP contribution in [0.5, 0.6) is 0 Å². The Kier molecular flexibility index (Phi) is 4.87. The third-order valence-electron chi connectivity index (χ3n) is 3.17. The van der Waals surface area contributed by atoms with E-state index in [2.05, 4.69) is 20.8 Å². The lowest BCUT2D eigenvalue weighted by Gasteiger charge is -2.29. The molecule has 5 heteroatoms. The zero-order valence-electron chi connectivity index (χ0n) is 11.8. The summed E-state index contributed by atoms with van der Waals surface area (Å²) in [6.45, 7) is 6.37. The fourth-order valence-electron chi connectivity index (χ4n) is 2.11. The molecule has 0 heterocycles. The lowest BCUT2D eigenvalue weighted by molar-refractivity contribution is -0.384. The molecule has 0 radical (unpaired) electrons. The number of hydrogen-bond donors (Lipinski definition) is 0. The van der Waals surface area contributed by atoms with Crippen LogP contribution in [0.1, 0.15) is 32.8 Å². The van der Waals surface area contributed by atoms with Gasteiger partial charge in [-0.1, -0.05) is 13.8 Å². The number of anilines is 1. The van der Waals surface area contributed by atoms with E-state index in [1.165, 1.54) is 12.1 Å². The Hall–Kier alpha value is -2.09. The van der Waals surface area contributed by atoms with Crippen LogP contribution in [0, 0.1) is 27.4 Å². The molecule has 1 aromatic rings. The predicted molar refractivity (Wildman–Crippen MR) is 75.1 cm³/mol. The number of benzene rings is 1. The van der Waals surface area contributed by atoms with Crippen LogP contribution in [0.15, 0.2) is 18.2 Å². The minimum Gasteiger partial charge on any atom is -0.371 e. The van der Waals surface area contributed by atoms with E-state index in [9.17, 15) is 10.1 Å². The standard InChI is InChI=1S/C14H19N3O2/c1-10(2)7-11(3)16(4)14-6-5-13(17(18)19)8-12(14)9-15/h5-6,8,10-11H,7H2,1-4H3. The van der Waals surface area contributed by atoms with Crippen molar-refractivity contribution in [3.63, 3.8) is 0 Å². The third kappa shape index (κ3) is 3.68. The molecular formula is C14H19N3O2. The molecule has 0 N–H and O–H groups in total. The largest absolute Gasteiger partial charge is 0.371 e. The van der Waals surface area contributed by atoms with E-state index in [4.69, 9.17) is 5.26 Å². The Morgan fingerprint density at radius 3 is 2.53 bits per heavy atom. The zero-order chi connectivity index (χ0) is 14.6. The summed E-state index contributed by atoms with van der Waals surface area (Å²) in [5.41, 5.74) is 1.03. The number of non-ortho nitro benzene ring substituents is 1. The topological polar surface area (TPSA) is 70.2 Å². The summed E-state index contributed by atoms with van der Waals surface area (Å²) >= 11 is 0. The maximum Gasteiger partial charge on any atom is 0.270 e. The molecule has 1 aromatic carbocycles. The number of rotatable bonds is 5. The van der Waals surface area contributed by atoms with E-state index in [0.717, 1.165) is 12.1 Å². The van der Waals surface area contributed by atoms with E-state index >= 15 is 0 Å². The molecule has 102 valence electrons. The highest BCUT2D eigenvalue weighted by atomic mass is 16.6. The van der Waals surface area contributed by atoms with Gasteiger partial charge in [0.2, 0.25) is 0 Å². The summed E-state index contributed by atoms with van der Waals surface area (Å²) in [6, 6.07) is 6.72. The molecule has 0 saturated heterocycles. The molecule has 0 fully saturated rings. The van der Waals surface area contributed by atoms with E-state index in [-0.39, 0.29) is 11.7 Å². The van der Waals surface area contributed by atoms with E-state index in [1.54, 1.807) is 6.07 Å². The maximum absolute atomic E-state index is 10.7. The molecule has 1 atom stereocenters. The SMILES string of the molecule is CC(C)CC(C)N(C)c1ccc([N+](=O)[O-])cc1C#N. The minimum atomic E-state index is -0.484. The van der Waals surface area contributed by atoms with Gasteiger partial charge < -0.3 is 4.90 Å². The average molecular weight is 261 g/mol. The van der Waals surface area contributed by atoms with E-state index < -0.39 is 4.92 Å². The molecule has 0 spiro atoms. The maximum atomic E-state index is 10.7. The molecule has 0 amide bonds. The molecule has 1 rings (SSSR count). The number of nitro groups is 1. The molecule has 0 aliphatic heterocycles. The van der Waals surface area contributed by atoms with E-state index in [1.807, 2.05) is 18.0 Å². The summed E-state index contributed by atoms with van der Waals surface area (Å²) in [5, 5.41) is 19.9. The first kappa shape index (κ1) is 15.0. The normalized spacial score (nSPS) is 12.0. The molecule has 19 heavy (non-hydrogen) atoms. The van der Waals surface area contributed by atoms with Crippen LogP contribution >= 0.6 is 0 Å². The first-order valence-electron chi connectivity index (χ1n) is 6.28. The molecular weight excluding hydrogens is 242 g/mol. The monoisotopic (exact) mass is 261 g/mol. The Morgan fingerprint density at radius 1 is 1.42 bits per heavy atom. The van der Waals surface area contributed by atoms with Crippen LogP contribution in [-0.4, -0.2) is 18.0 Å². The van der Waals surface area contributed by atoms with Gasteiger partial charge in [-0.25, -0.2) is 0 Å². The van der Waals surface area contributed by atoms with Crippen LogP contribution in [0.2, 0.25) is 0 Å². The molecule has 0 bridgehead atoms. The van der Waals surface area contributed by atoms with Crippen molar-refractivity contribution >= 4 is 11.4 Å². The molecule has 0 aliphatic carbocycles. The Morgan fingerprint density at radius 2 is 2.05 bits per heavy atom. The number of nitriles is 1. The molecule has 0 saturated carbocycles. The van der Waals surface area contributed by atoms with Crippen molar-refractivity contribution in [1.29, 1.82) is 5.26 Å². The second-order valence-corrected chi connectivity index (χ2v) is 5.16. The summed E-state index contributed by atoms with van der Waals surface area (Å²) < 4.78 is 0. The molecule has 0 aliphatic rings. The van der Waals surface area contributed by atoms with Crippen LogP contribution < -0.4 is 4.90 Å². The van der Waals surface area contributed by atoms with Gasteiger partial charge in [-0.15, -0.1) is 0 Å². The second kappa shape index (κ2) is 6.19. The van der Waals surface area contributed by atoms with Crippen molar-refractivity contribution < 1.29 is 4.92 Å². The zero-order valence-corrected chi connectivity index (χ0v) is 11.8. The Balaban J connectivity index is 3.07. The first-order valence-corrected chi connectivity index (χ1v) is 6.28. The number of hydrogen-bond acceptors (Lipinski definition) is 4. The quantitative estimate of drug-likeness (QED) is 0.602. The summed E-state index contributed by atoms with van der Waals surface area (Å²) in [4.78, 5) is 12.2. The number of nitrogens with zero attached hydrogens (tertiary/aromatic N) is 3. The fraction of sp³-hybridized carbons (Fsp3) is 0.500. The smallest absolute Gasteiger partial charge is 0.270 e. The van der Waals surface area contributed by atoms with Gasteiger partial charge in [0.05, 0.1) is 16.2 Å². The Labute approximate surface area is 113 Å². The highest BCUT2D eigenvalue weighted by Crippen LogP contribution is 2.26. The van der Waals surface area contributed by atoms with Crippen molar-refractivity contribution in [2.45, 2.75) is 33.2 Å². The molecule has 1 unspecified atom stereocenters. The van der Waals surface area contributed by atoms with Gasteiger partial charge in [0.25, 0.3) is 5.69 Å². The second-order valence-electron chi connectivity index (χ2n) is 5.16. The van der Waals surface area contributed by atoms with Crippen LogP contribution in [0.3, 0.4) is 0 Å². The van der Waals surface area contributed by atoms with E-state index in [0.29, 0.717) is 11.5 Å². The van der Waals surface area contributed by atoms with Crippen LogP contribution in [0.4, 0.5) is 11.4 Å². The molecule has 0 aromatic heterocycles. The van der Waals surface area contributed by atoms with Gasteiger partial charge in [-0.05, 0) is 25.3 Å². The average Bonchev–Trinajstić information content (AvgIpc) is 2.36. The van der Waals surface area contributed by atoms with Crippen LogP contribution in [-0.2, 0) is 0 Å². The lowest BCUT2D eigenvalue weighted by Crippen LogP contribution is -2.30. The highest BCUT2D eigenvalue weighted by Gasteiger charge is 2.17. The predicted octanol–water partition coefficient (Wildman–Crippen LogP) is 3.34. The lowest BCUT2D eigenvalue weighted by atomic mass is 10.0. The van der Waals surface area contributed by atoms with Crippen molar-refractivity contribution in [2.75, 3.05) is 11.9 Å². The van der Waals surface area contributed by atoms with Gasteiger partial charge >= 0.3 is 0 Å².